The summed E-state index contributed by atoms with van der Waals surface area (Å²) in [6.45, 7) is 7.82. The second-order valence-corrected chi connectivity index (χ2v) is 9.73. The monoisotopic (exact) mass is 424 g/mol. The van der Waals surface area contributed by atoms with Gasteiger partial charge in [0.2, 0.25) is 0 Å². The van der Waals surface area contributed by atoms with Gasteiger partial charge in [0.25, 0.3) is 0 Å². The van der Waals surface area contributed by atoms with E-state index in [4.69, 9.17) is 10.5 Å². The number of aliphatic hydroxyl groups is 1. The van der Waals surface area contributed by atoms with Crippen LogP contribution in [0, 0.1) is 11.3 Å². The molecule has 1 atom stereocenters. The van der Waals surface area contributed by atoms with Gasteiger partial charge in [-0.05, 0) is 62.1 Å². The zero-order valence-electron chi connectivity index (χ0n) is 18.0. The number of nitrogens with two attached hydrogens (primary N) is 1. The van der Waals surface area contributed by atoms with E-state index >= 15 is 0 Å². The number of hydrogen-bond acceptors (Lipinski definition) is 4. The minimum atomic E-state index is -4.58. The largest absolute Gasteiger partial charge is 0.490 e. The highest BCUT2D eigenvalue weighted by molar-refractivity contribution is 5.85. The van der Waals surface area contributed by atoms with E-state index in [0.717, 1.165) is 25.7 Å². The molecular weight excluding hydrogens is 393 g/mol. The lowest BCUT2D eigenvalue weighted by Gasteiger charge is -2.37. The van der Waals surface area contributed by atoms with Crippen LogP contribution in [0.3, 0.4) is 0 Å². The maximum absolute atomic E-state index is 14.0. The molecule has 30 heavy (non-hydrogen) atoms. The molecular formula is C23H31F3N2O2. The van der Waals surface area contributed by atoms with Gasteiger partial charge < -0.3 is 15.6 Å². The summed E-state index contributed by atoms with van der Waals surface area (Å²) < 4.78 is 47.8. The van der Waals surface area contributed by atoms with Crippen LogP contribution < -0.4 is 10.5 Å². The first-order valence-corrected chi connectivity index (χ1v) is 10.4. The quantitative estimate of drug-likeness (QED) is 0.689. The summed E-state index contributed by atoms with van der Waals surface area (Å²) in [4.78, 5) is 4.28. The van der Waals surface area contributed by atoms with Crippen molar-refractivity contribution < 1.29 is 23.0 Å². The topological polar surface area (TPSA) is 68.4 Å². The van der Waals surface area contributed by atoms with E-state index in [1.807, 2.05) is 0 Å². The molecule has 1 heterocycles. The third-order valence-corrected chi connectivity index (χ3v) is 6.22. The smallest absolute Gasteiger partial charge is 0.420 e. The number of hydrogen-bond donors (Lipinski definition) is 2. The lowest BCUT2D eigenvalue weighted by molar-refractivity contribution is -0.138. The molecule has 0 bridgehead atoms. The molecule has 3 rings (SSSR count). The van der Waals surface area contributed by atoms with Crippen LogP contribution in [0.4, 0.5) is 13.2 Å². The molecule has 7 heteroatoms. The summed E-state index contributed by atoms with van der Waals surface area (Å²) >= 11 is 0. The number of nitrogens with zero attached hydrogens (tertiary/aromatic N) is 1. The molecule has 1 fully saturated rings. The Morgan fingerprint density at radius 2 is 1.67 bits per heavy atom. The summed E-state index contributed by atoms with van der Waals surface area (Å²) in [5.74, 6) is 0.400. The number of aromatic nitrogens is 1. The molecule has 0 spiro atoms. The van der Waals surface area contributed by atoms with E-state index < -0.39 is 17.3 Å². The molecule has 1 aromatic heterocycles. The van der Waals surface area contributed by atoms with Crippen LogP contribution in [-0.4, -0.2) is 22.8 Å². The molecule has 0 amide bonds. The predicted octanol–water partition coefficient (Wildman–Crippen LogP) is 5.40. The van der Waals surface area contributed by atoms with Crippen LogP contribution in [0.2, 0.25) is 0 Å². The lowest BCUT2D eigenvalue weighted by Crippen LogP contribution is -2.37. The van der Waals surface area contributed by atoms with Crippen molar-refractivity contribution in [3.63, 3.8) is 0 Å². The Kier molecular flexibility index (Phi) is 6.09. The van der Waals surface area contributed by atoms with E-state index in [9.17, 15) is 18.3 Å². The van der Waals surface area contributed by atoms with Crippen molar-refractivity contribution in [2.75, 3.05) is 6.61 Å². The number of aliphatic hydroxyl groups excluding tert-OH is 1. The fourth-order valence-corrected chi connectivity index (χ4v) is 4.20. The Morgan fingerprint density at radius 1 is 1.03 bits per heavy atom. The average Bonchev–Trinajstić information content (AvgIpc) is 2.66. The molecule has 166 valence electrons. The van der Waals surface area contributed by atoms with Crippen LogP contribution >= 0.6 is 0 Å². The summed E-state index contributed by atoms with van der Waals surface area (Å²) in [7, 11) is 0. The molecule has 0 radical (unpaired) electrons. The van der Waals surface area contributed by atoms with Gasteiger partial charge in [-0.3, -0.25) is 4.98 Å². The zero-order chi connectivity index (χ0) is 22.3. The molecule has 1 aromatic carbocycles. The van der Waals surface area contributed by atoms with Crippen LogP contribution in [-0.2, 0) is 11.7 Å². The number of pyridine rings is 1. The molecule has 0 saturated heterocycles. The third kappa shape index (κ3) is 4.72. The molecule has 1 unspecified atom stereocenters. The second kappa shape index (κ2) is 8.00. The molecule has 0 aliphatic heterocycles. The maximum atomic E-state index is 14.0. The summed E-state index contributed by atoms with van der Waals surface area (Å²) in [6, 6.07) is 5.68. The normalized spacial score (nSPS) is 22.7. The number of fused-ring (bicyclic) bond motifs is 1. The van der Waals surface area contributed by atoms with Gasteiger partial charge >= 0.3 is 6.18 Å². The van der Waals surface area contributed by atoms with Gasteiger partial charge in [-0.2, -0.15) is 13.2 Å². The Bertz CT molecular complexity index is 896. The van der Waals surface area contributed by atoms with E-state index in [-0.39, 0.29) is 34.8 Å². The number of ether oxygens (including phenoxy) is 1. The predicted molar refractivity (Wildman–Crippen MR) is 111 cm³/mol. The Balaban J connectivity index is 1.93. The average molecular weight is 425 g/mol. The molecule has 1 aliphatic rings. The fourth-order valence-electron chi connectivity index (χ4n) is 4.20. The highest BCUT2D eigenvalue weighted by Crippen LogP contribution is 2.44. The zero-order valence-corrected chi connectivity index (χ0v) is 18.0. The highest BCUT2D eigenvalue weighted by Gasteiger charge is 2.38. The van der Waals surface area contributed by atoms with E-state index in [0.29, 0.717) is 11.6 Å². The standard InChI is InChI=1S/C23H31F3N2O2/c1-21(2,3)14-5-7-15(8-6-14)30-18-11-10-17-16(20(18)23(24,25)26)9-12-19(28-17)22(4,27)13-29/h9-12,14-15,29H,5-8,13,27H2,1-4H3/t14-,15-,22?. The van der Waals surface area contributed by atoms with Crippen molar-refractivity contribution in [3.05, 3.63) is 35.5 Å². The summed E-state index contributed by atoms with van der Waals surface area (Å²) in [6.07, 6.45) is -1.42. The summed E-state index contributed by atoms with van der Waals surface area (Å²) in [5, 5.41) is 9.41. The minimum absolute atomic E-state index is 0.0270. The Labute approximate surface area is 175 Å². The van der Waals surface area contributed by atoms with Gasteiger partial charge in [-0.15, -0.1) is 0 Å². The fraction of sp³-hybridized carbons (Fsp3) is 0.609. The van der Waals surface area contributed by atoms with Crippen LogP contribution in [0.15, 0.2) is 24.3 Å². The van der Waals surface area contributed by atoms with E-state index in [1.165, 1.54) is 24.3 Å². The highest BCUT2D eigenvalue weighted by atomic mass is 19.4. The van der Waals surface area contributed by atoms with Crippen molar-refractivity contribution in [1.29, 1.82) is 0 Å². The Hall–Kier alpha value is -1.86. The first kappa shape index (κ1) is 22.8. The Morgan fingerprint density at radius 3 is 2.20 bits per heavy atom. The van der Waals surface area contributed by atoms with Crippen LogP contribution in [0.1, 0.15) is 64.6 Å². The van der Waals surface area contributed by atoms with E-state index in [2.05, 4.69) is 25.8 Å². The number of benzene rings is 1. The van der Waals surface area contributed by atoms with Crippen molar-refractivity contribution >= 4 is 10.9 Å². The molecule has 3 N–H and O–H groups in total. The number of alkyl halides is 3. The van der Waals surface area contributed by atoms with Gasteiger partial charge in [0.15, 0.2) is 0 Å². The minimum Gasteiger partial charge on any atom is -0.490 e. The van der Waals surface area contributed by atoms with E-state index in [1.54, 1.807) is 6.92 Å². The van der Waals surface area contributed by atoms with Crippen molar-refractivity contribution in [3.8, 4) is 5.75 Å². The number of rotatable bonds is 4. The van der Waals surface area contributed by atoms with Crippen molar-refractivity contribution in [2.45, 2.75) is 71.2 Å². The van der Waals surface area contributed by atoms with Crippen LogP contribution in [0.5, 0.6) is 5.75 Å². The first-order valence-electron chi connectivity index (χ1n) is 10.4. The molecule has 2 aromatic rings. The van der Waals surface area contributed by atoms with Crippen molar-refractivity contribution in [1.82, 2.24) is 4.98 Å². The van der Waals surface area contributed by atoms with Crippen molar-refractivity contribution in [2.24, 2.45) is 17.1 Å². The van der Waals surface area contributed by atoms with Gasteiger partial charge in [-0.1, -0.05) is 26.8 Å². The van der Waals surface area contributed by atoms with Gasteiger partial charge in [0.1, 0.15) is 11.3 Å². The molecule has 4 nitrogen and oxygen atoms in total. The van der Waals surface area contributed by atoms with Crippen LogP contribution in [0.25, 0.3) is 10.9 Å². The number of halogens is 3. The summed E-state index contributed by atoms with van der Waals surface area (Å²) in [5.41, 5.74) is 4.75. The van der Waals surface area contributed by atoms with Gasteiger partial charge in [-0.25, -0.2) is 0 Å². The lowest BCUT2D eigenvalue weighted by atomic mass is 9.72. The third-order valence-electron chi connectivity index (χ3n) is 6.22. The first-order chi connectivity index (χ1) is 13.8. The SMILES string of the molecule is CC(N)(CO)c1ccc2c(C(F)(F)F)c(O[C@H]3CC[C@H](C(C)(C)C)CC3)ccc2n1. The molecule has 1 aliphatic carbocycles. The maximum Gasteiger partial charge on any atom is 0.420 e. The molecule has 1 saturated carbocycles. The second-order valence-electron chi connectivity index (χ2n) is 9.73. The van der Waals surface area contributed by atoms with Gasteiger partial charge in [0.05, 0.1) is 29.5 Å². The van der Waals surface area contributed by atoms with Gasteiger partial charge in [0, 0.05) is 5.39 Å².